The molecule has 0 radical (unpaired) electrons. The topological polar surface area (TPSA) is 20.2 Å². The van der Waals surface area contributed by atoms with Gasteiger partial charge < -0.3 is 5.11 Å². The van der Waals surface area contributed by atoms with Crippen LogP contribution in [-0.4, -0.2) is 17.4 Å². The van der Waals surface area contributed by atoms with E-state index in [1.807, 2.05) is 31.2 Å². The van der Waals surface area contributed by atoms with Gasteiger partial charge >= 0.3 is 0 Å². The number of halogens is 1. The summed E-state index contributed by atoms with van der Waals surface area (Å²) in [5.41, 5.74) is 2.09. The van der Waals surface area contributed by atoms with Crippen LogP contribution in [0.1, 0.15) is 18.1 Å². The van der Waals surface area contributed by atoms with Crippen molar-refractivity contribution in [3.05, 3.63) is 35.4 Å². The monoisotopic (exact) mass is 182 g/mol. The molecule has 0 heterocycles. The van der Waals surface area contributed by atoms with E-state index in [9.17, 15) is 4.39 Å². The Hall–Kier alpha value is -0.890. The molecule has 1 aromatic carbocycles. The molecule has 0 aliphatic heterocycles. The molecule has 0 saturated carbocycles. The lowest BCUT2D eigenvalue weighted by atomic mass is 10.0. The van der Waals surface area contributed by atoms with Crippen molar-refractivity contribution < 1.29 is 9.50 Å². The predicted molar refractivity (Wildman–Crippen MR) is 51.5 cm³/mol. The van der Waals surface area contributed by atoms with E-state index < -0.39 is 12.3 Å². The zero-order valence-electron chi connectivity index (χ0n) is 8.00. The number of alkyl halides is 1. The summed E-state index contributed by atoms with van der Waals surface area (Å²) in [5, 5.41) is 8.96. The van der Waals surface area contributed by atoms with Crippen LogP contribution in [0.4, 0.5) is 4.39 Å². The molecule has 72 valence electrons. The van der Waals surface area contributed by atoms with Gasteiger partial charge in [0.05, 0.1) is 6.10 Å². The number of hydrogen-bond acceptors (Lipinski definition) is 1. The van der Waals surface area contributed by atoms with Crippen molar-refractivity contribution in [2.24, 2.45) is 0 Å². The molecule has 2 atom stereocenters. The molecule has 0 aliphatic carbocycles. The first-order valence-corrected chi connectivity index (χ1v) is 4.47. The largest absolute Gasteiger partial charge is 0.390 e. The van der Waals surface area contributed by atoms with Gasteiger partial charge in [-0.2, -0.15) is 0 Å². The maximum absolute atomic E-state index is 13.1. The average Bonchev–Trinajstić information content (AvgIpc) is 2.08. The lowest BCUT2D eigenvalue weighted by molar-refractivity contribution is 0.0932. The fourth-order valence-corrected chi connectivity index (χ4v) is 1.12. The highest BCUT2D eigenvalue weighted by molar-refractivity contribution is 5.21. The molecule has 0 bridgehead atoms. The maximum Gasteiger partial charge on any atom is 0.130 e. The summed E-state index contributed by atoms with van der Waals surface area (Å²) in [4.78, 5) is 0. The summed E-state index contributed by atoms with van der Waals surface area (Å²) in [6.45, 7) is 3.46. The molecule has 1 nitrogen and oxygen atoms in total. The van der Waals surface area contributed by atoms with E-state index in [1.165, 1.54) is 6.92 Å². The molecule has 2 unspecified atom stereocenters. The van der Waals surface area contributed by atoms with Gasteiger partial charge in [0, 0.05) is 6.42 Å². The van der Waals surface area contributed by atoms with Gasteiger partial charge in [-0.25, -0.2) is 4.39 Å². The Morgan fingerprint density at radius 1 is 1.31 bits per heavy atom. The number of aliphatic hydroxyl groups is 1. The summed E-state index contributed by atoms with van der Waals surface area (Å²) in [5.74, 6) is 0. The second-order valence-corrected chi connectivity index (χ2v) is 3.45. The number of rotatable bonds is 3. The lowest BCUT2D eigenvalue weighted by Gasteiger charge is -2.10. The van der Waals surface area contributed by atoms with Gasteiger partial charge in [0.1, 0.15) is 6.17 Å². The molecule has 2 heteroatoms. The van der Waals surface area contributed by atoms with E-state index in [2.05, 4.69) is 0 Å². The zero-order valence-corrected chi connectivity index (χ0v) is 8.00. The first-order chi connectivity index (χ1) is 6.09. The van der Waals surface area contributed by atoms with E-state index in [-0.39, 0.29) is 6.42 Å². The minimum Gasteiger partial charge on any atom is -0.390 e. The molecular formula is C11H15FO. The molecule has 13 heavy (non-hydrogen) atoms. The van der Waals surface area contributed by atoms with Gasteiger partial charge in [-0.05, 0) is 19.4 Å². The number of benzene rings is 1. The van der Waals surface area contributed by atoms with Crippen molar-refractivity contribution in [3.8, 4) is 0 Å². The fourth-order valence-electron chi connectivity index (χ4n) is 1.12. The number of aliphatic hydroxyl groups excluding tert-OH is 1. The second kappa shape index (κ2) is 4.38. The van der Waals surface area contributed by atoms with Crippen molar-refractivity contribution in [1.82, 2.24) is 0 Å². The standard InChI is InChI=1S/C11H15FO/c1-8-3-5-10(6-4-8)7-11(12)9(2)13/h3-6,9,11,13H,7H2,1-2H3. The highest BCUT2D eigenvalue weighted by atomic mass is 19.1. The summed E-state index contributed by atoms with van der Waals surface area (Å²) in [6, 6.07) is 7.68. The molecule has 0 fully saturated rings. The van der Waals surface area contributed by atoms with E-state index in [0.717, 1.165) is 11.1 Å². The van der Waals surface area contributed by atoms with Gasteiger partial charge in [0.2, 0.25) is 0 Å². The molecule has 0 saturated heterocycles. The van der Waals surface area contributed by atoms with Gasteiger partial charge in [-0.15, -0.1) is 0 Å². The molecule has 0 aliphatic rings. The predicted octanol–water partition coefficient (Wildman–Crippen LogP) is 2.26. The summed E-state index contributed by atoms with van der Waals surface area (Å²) < 4.78 is 13.1. The summed E-state index contributed by atoms with van der Waals surface area (Å²) in [6.07, 6.45) is -1.76. The van der Waals surface area contributed by atoms with Crippen LogP contribution in [0.2, 0.25) is 0 Å². The first-order valence-electron chi connectivity index (χ1n) is 4.47. The van der Waals surface area contributed by atoms with E-state index in [1.54, 1.807) is 0 Å². The molecular weight excluding hydrogens is 167 g/mol. The van der Waals surface area contributed by atoms with Crippen LogP contribution in [0.25, 0.3) is 0 Å². The van der Waals surface area contributed by atoms with Crippen molar-refractivity contribution in [1.29, 1.82) is 0 Å². The molecule has 0 aromatic heterocycles. The Morgan fingerprint density at radius 2 is 1.85 bits per heavy atom. The highest BCUT2D eigenvalue weighted by Gasteiger charge is 2.13. The van der Waals surface area contributed by atoms with Crippen molar-refractivity contribution >= 4 is 0 Å². The lowest BCUT2D eigenvalue weighted by Crippen LogP contribution is -2.20. The average molecular weight is 182 g/mol. The first kappa shape index (κ1) is 10.2. The molecule has 1 rings (SSSR count). The molecule has 0 spiro atoms. The van der Waals surface area contributed by atoms with E-state index in [4.69, 9.17) is 5.11 Å². The van der Waals surface area contributed by atoms with Gasteiger partial charge in [-0.1, -0.05) is 29.8 Å². The van der Waals surface area contributed by atoms with E-state index in [0.29, 0.717) is 0 Å². The Bertz CT molecular complexity index is 253. The minimum absolute atomic E-state index is 0.290. The fraction of sp³-hybridized carbons (Fsp3) is 0.455. The number of aryl methyl sites for hydroxylation is 1. The second-order valence-electron chi connectivity index (χ2n) is 3.45. The normalized spacial score (nSPS) is 15.4. The van der Waals surface area contributed by atoms with Gasteiger partial charge in [-0.3, -0.25) is 0 Å². The minimum atomic E-state index is -1.16. The van der Waals surface area contributed by atoms with Crippen molar-refractivity contribution in [2.75, 3.05) is 0 Å². The van der Waals surface area contributed by atoms with Crippen LogP contribution < -0.4 is 0 Å². The highest BCUT2D eigenvalue weighted by Crippen LogP contribution is 2.10. The van der Waals surface area contributed by atoms with Crippen molar-refractivity contribution in [3.63, 3.8) is 0 Å². The molecule has 1 aromatic rings. The third-order valence-corrected chi connectivity index (χ3v) is 2.07. The van der Waals surface area contributed by atoms with Crippen LogP contribution in [0.3, 0.4) is 0 Å². The van der Waals surface area contributed by atoms with Crippen molar-refractivity contribution in [2.45, 2.75) is 32.5 Å². The third kappa shape index (κ3) is 3.15. The summed E-state index contributed by atoms with van der Waals surface area (Å²) in [7, 11) is 0. The summed E-state index contributed by atoms with van der Waals surface area (Å²) >= 11 is 0. The Balaban J connectivity index is 2.59. The van der Waals surface area contributed by atoms with Crippen LogP contribution in [-0.2, 0) is 6.42 Å². The SMILES string of the molecule is Cc1ccc(CC(F)C(C)O)cc1. The maximum atomic E-state index is 13.1. The Labute approximate surface area is 78.2 Å². The van der Waals surface area contributed by atoms with Gasteiger partial charge in [0.15, 0.2) is 0 Å². The van der Waals surface area contributed by atoms with Crippen LogP contribution in [0.15, 0.2) is 24.3 Å². The van der Waals surface area contributed by atoms with Crippen LogP contribution in [0, 0.1) is 6.92 Å². The quantitative estimate of drug-likeness (QED) is 0.760. The zero-order chi connectivity index (χ0) is 9.84. The van der Waals surface area contributed by atoms with Crippen LogP contribution in [0.5, 0.6) is 0 Å². The van der Waals surface area contributed by atoms with E-state index >= 15 is 0 Å². The Morgan fingerprint density at radius 3 is 2.31 bits per heavy atom. The Kier molecular flexibility index (Phi) is 3.43. The molecule has 1 N–H and O–H groups in total. The van der Waals surface area contributed by atoms with Gasteiger partial charge in [0.25, 0.3) is 0 Å². The third-order valence-electron chi connectivity index (χ3n) is 2.07. The number of hydrogen-bond donors (Lipinski definition) is 1. The smallest absolute Gasteiger partial charge is 0.130 e. The molecule has 0 amide bonds. The van der Waals surface area contributed by atoms with Crippen LogP contribution >= 0.6 is 0 Å².